The lowest BCUT2D eigenvalue weighted by Gasteiger charge is -2.20. The highest BCUT2D eigenvalue weighted by molar-refractivity contribution is 7.92. The number of nitrogens with one attached hydrogen (secondary N) is 2. The number of esters is 1. The zero-order valence-corrected chi connectivity index (χ0v) is 22.2. The van der Waals surface area contributed by atoms with E-state index in [4.69, 9.17) is 4.74 Å². The smallest absolute Gasteiger partial charge is 0.416 e. The maximum Gasteiger partial charge on any atom is 0.416 e. The Morgan fingerprint density at radius 1 is 1.13 bits per heavy atom. The van der Waals surface area contributed by atoms with E-state index in [0.29, 0.717) is 16.3 Å². The third kappa shape index (κ3) is 7.00. The van der Waals surface area contributed by atoms with Crippen LogP contribution >= 0.6 is 11.3 Å². The molecule has 1 heterocycles. The van der Waals surface area contributed by atoms with Crippen molar-refractivity contribution in [2.45, 2.75) is 37.4 Å². The molecule has 1 amide bonds. The summed E-state index contributed by atoms with van der Waals surface area (Å²) in [5.74, 6) is 3.97. The summed E-state index contributed by atoms with van der Waals surface area (Å²) in [5, 5.41) is 2.81. The SMILES string of the molecule is COC(=O)C(C)(C)OCC#Cc1cc(C(F)(F)F)ccc1NS(=O)(=O)c1ccc2nc(NC(C)=O)sc2c1. The van der Waals surface area contributed by atoms with Crippen LogP contribution in [-0.4, -0.2) is 44.6 Å². The number of carbonyl (C=O) groups excluding carboxylic acids is 2. The van der Waals surface area contributed by atoms with Crippen LogP contribution in [0.3, 0.4) is 0 Å². The molecular formula is C24H22F3N3O6S2. The molecule has 0 aliphatic carbocycles. The number of anilines is 2. The van der Waals surface area contributed by atoms with Gasteiger partial charge in [-0.05, 0) is 50.2 Å². The molecule has 0 aliphatic heterocycles. The average molecular weight is 570 g/mol. The van der Waals surface area contributed by atoms with Crippen LogP contribution in [0.4, 0.5) is 24.0 Å². The number of halogens is 3. The molecule has 9 nitrogen and oxygen atoms in total. The van der Waals surface area contributed by atoms with E-state index in [-0.39, 0.29) is 33.8 Å². The molecule has 3 aromatic rings. The molecule has 0 radical (unpaired) electrons. The Balaban J connectivity index is 1.92. The fraction of sp³-hybridized carbons (Fsp3) is 0.292. The number of hydrogen-bond donors (Lipinski definition) is 2. The van der Waals surface area contributed by atoms with Crippen molar-refractivity contribution in [1.82, 2.24) is 4.98 Å². The minimum absolute atomic E-state index is 0.176. The first-order valence-corrected chi connectivity index (χ1v) is 13.1. The van der Waals surface area contributed by atoms with Gasteiger partial charge in [-0.25, -0.2) is 18.2 Å². The number of nitrogens with zero attached hydrogens (tertiary/aromatic N) is 1. The number of thiazole rings is 1. The van der Waals surface area contributed by atoms with Crippen molar-refractivity contribution < 1.29 is 40.7 Å². The minimum atomic E-state index is -4.69. The van der Waals surface area contributed by atoms with Crippen LogP contribution in [0.2, 0.25) is 0 Å². The molecule has 0 fully saturated rings. The molecule has 38 heavy (non-hydrogen) atoms. The van der Waals surface area contributed by atoms with Gasteiger partial charge in [-0.15, -0.1) is 0 Å². The van der Waals surface area contributed by atoms with Gasteiger partial charge in [0.15, 0.2) is 10.7 Å². The van der Waals surface area contributed by atoms with Crippen LogP contribution in [0.15, 0.2) is 41.3 Å². The number of carbonyl (C=O) groups is 2. The van der Waals surface area contributed by atoms with E-state index in [1.807, 2.05) is 0 Å². The normalized spacial score (nSPS) is 12.0. The van der Waals surface area contributed by atoms with Crippen molar-refractivity contribution in [3.63, 3.8) is 0 Å². The number of amides is 1. The lowest BCUT2D eigenvalue weighted by Crippen LogP contribution is -2.36. The van der Waals surface area contributed by atoms with E-state index in [2.05, 4.69) is 31.6 Å². The average Bonchev–Trinajstić information content (AvgIpc) is 3.22. The van der Waals surface area contributed by atoms with Gasteiger partial charge in [-0.2, -0.15) is 13.2 Å². The highest BCUT2D eigenvalue weighted by Gasteiger charge is 2.31. The van der Waals surface area contributed by atoms with Gasteiger partial charge in [0.2, 0.25) is 5.91 Å². The van der Waals surface area contributed by atoms with Crippen molar-refractivity contribution >= 4 is 54.3 Å². The number of aromatic nitrogens is 1. The zero-order chi connectivity index (χ0) is 28.3. The van der Waals surface area contributed by atoms with Crippen molar-refractivity contribution in [3.8, 4) is 11.8 Å². The van der Waals surface area contributed by atoms with Crippen molar-refractivity contribution in [1.29, 1.82) is 0 Å². The first-order valence-electron chi connectivity index (χ1n) is 10.8. The first-order chi connectivity index (χ1) is 17.6. The summed E-state index contributed by atoms with van der Waals surface area (Å²) in [7, 11) is -3.08. The molecule has 202 valence electrons. The molecule has 0 atom stereocenters. The van der Waals surface area contributed by atoms with Crippen LogP contribution in [0.5, 0.6) is 0 Å². The molecule has 2 aromatic carbocycles. The van der Waals surface area contributed by atoms with Crippen LogP contribution in [0.1, 0.15) is 31.9 Å². The molecule has 0 bridgehead atoms. The summed E-state index contributed by atoms with van der Waals surface area (Å²) in [4.78, 5) is 27.0. The summed E-state index contributed by atoms with van der Waals surface area (Å²) in [6.45, 7) is 3.83. The molecule has 0 saturated heterocycles. The highest BCUT2D eigenvalue weighted by Crippen LogP contribution is 2.33. The monoisotopic (exact) mass is 569 g/mol. The second-order valence-corrected chi connectivity index (χ2v) is 11.0. The molecule has 0 unspecified atom stereocenters. The van der Waals surface area contributed by atoms with Gasteiger partial charge in [0.25, 0.3) is 10.0 Å². The molecule has 0 spiro atoms. The standard InChI is InChI=1S/C24H22F3N3O6S2/c1-14(31)28-22-29-19-10-8-17(13-20(19)37-22)38(33,34)30-18-9-7-16(24(25,26)27)12-15(18)6-5-11-36-23(2,3)21(32)35-4/h7-10,12-13,30H,11H2,1-4H3,(H,28,29,31). The van der Waals surface area contributed by atoms with E-state index in [0.717, 1.165) is 23.5 Å². The van der Waals surface area contributed by atoms with Gasteiger partial charge in [0, 0.05) is 12.5 Å². The van der Waals surface area contributed by atoms with Crippen LogP contribution in [0.25, 0.3) is 10.2 Å². The Hall–Kier alpha value is -3.67. The lowest BCUT2D eigenvalue weighted by atomic mass is 10.1. The molecule has 0 saturated carbocycles. The van der Waals surface area contributed by atoms with E-state index >= 15 is 0 Å². The fourth-order valence-electron chi connectivity index (χ4n) is 3.05. The fourth-order valence-corrected chi connectivity index (χ4v) is 5.18. The maximum absolute atomic E-state index is 13.3. The number of methoxy groups -OCH3 is 1. The number of alkyl halides is 3. The number of benzene rings is 2. The predicted molar refractivity (Wildman–Crippen MR) is 135 cm³/mol. The van der Waals surface area contributed by atoms with Gasteiger partial charge in [0.1, 0.15) is 6.61 Å². The third-order valence-electron chi connectivity index (χ3n) is 4.95. The number of ether oxygens (including phenoxy) is 2. The van der Waals surface area contributed by atoms with E-state index < -0.39 is 33.3 Å². The third-order valence-corrected chi connectivity index (χ3v) is 7.25. The Kier molecular flexibility index (Phi) is 8.35. The maximum atomic E-state index is 13.3. The van der Waals surface area contributed by atoms with Crippen LogP contribution in [0, 0.1) is 11.8 Å². The molecule has 0 aliphatic rings. The predicted octanol–water partition coefficient (Wildman–Crippen LogP) is 4.39. The number of sulfonamides is 1. The molecule has 3 rings (SSSR count). The quantitative estimate of drug-likeness (QED) is 0.320. The largest absolute Gasteiger partial charge is 0.467 e. The topological polar surface area (TPSA) is 124 Å². The van der Waals surface area contributed by atoms with Gasteiger partial charge in [-0.3, -0.25) is 9.52 Å². The number of hydrogen-bond acceptors (Lipinski definition) is 8. The summed E-state index contributed by atoms with van der Waals surface area (Å²) < 4.78 is 78.8. The zero-order valence-electron chi connectivity index (χ0n) is 20.5. The number of rotatable bonds is 7. The van der Waals surface area contributed by atoms with Crippen molar-refractivity contribution in [3.05, 3.63) is 47.5 Å². The Morgan fingerprint density at radius 2 is 1.84 bits per heavy atom. The molecule has 1 aromatic heterocycles. The minimum Gasteiger partial charge on any atom is -0.467 e. The highest BCUT2D eigenvalue weighted by atomic mass is 32.2. The second-order valence-electron chi connectivity index (χ2n) is 8.29. The van der Waals surface area contributed by atoms with E-state index in [9.17, 15) is 31.2 Å². The van der Waals surface area contributed by atoms with Crippen molar-refractivity contribution in [2.24, 2.45) is 0 Å². The van der Waals surface area contributed by atoms with E-state index in [1.54, 1.807) is 0 Å². The second kappa shape index (κ2) is 11.0. The molecular weight excluding hydrogens is 547 g/mol. The molecule has 14 heteroatoms. The van der Waals surface area contributed by atoms with Gasteiger partial charge >= 0.3 is 12.1 Å². The number of fused-ring (bicyclic) bond motifs is 1. The Labute approximate surface area is 220 Å². The van der Waals surface area contributed by atoms with Crippen LogP contribution < -0.4 is 10.0 Å². The van der Waals surface area contributed by atoms with Crippen LogP contribution in [-0.2, 0) is 35.3 Å². The summed E-state index contributed by atoms with van der Waals surface area (Å²) in [6, 6.07) is 6.45. The Bertz CT molecular complexity index is 1550. The van der Waals surface area contributed by atoms with Gasteiger partial charge in [0.05, 0.1) is 33.5 Å². The van der Waals surface area contributed by atoms with E-state index in [1.165, 1.54) is 46.1 Å². The summed E-state index contributed by atoms with van der Waals surface area (Å²) in [6.07, 6.45) is -4.69. The van der Waals surface area contributed by atoms with Gasteiger partial charge < -0.3 is 14.8 Å². The molecule has 2 N–H and O–H groups in total. The Morgan fingerprint density at radius 3 is 2.47 bits per heavy atom. The lowest BCUT2D eigenvalue weighted by molar-refractivity contribution is -0.163. The summed E-state index contributed by atoms with van der Waals surface area (Å²) in [5.41, 5.74) is -2.38. The van der Waals surface area contributed by atoms with Gasteiger partial charge in [-0.1, -0.05) is 23.2 Å². The summed E-state index contributed by atoms with van der Waals surface area (Å²) >= 11 is 1.06. The van der Waals surface area contributed by atoms with Crippen molar-refractivity contribution in [2.75, 3.05) is 23.8 Å². The first kappa shape index (κ1) is 28.9.